The highest BCUT2D eigenvalue weighted by Gasteiger charge is 2.30. The molecule has 0 saturated carbocycles. The van der Waals surface area contributed by atoms with Crippen LogP contribution in [0.3, 0.4) is 0 Å². The Balaban J connectivity index is 2.28. The van der Waals surface area contributed by atoms with E-state index in [9.17, 15) is 8.42 Å². The third-order valence-electron chi connectivity index (χ3n) is 3.39. The van der Waals surface area contributed by atoms with E-state index in [2.05, 4.69) is 0 Å². The lowest BCUT2D eigenvalue weighted by Crippen LogP contribution is -2.37. The van der Waals surface area contributed by atoms with Crippen molar-refractivity contribution in [2.45, 2.75) is 49.4 Å². The highest BCUT2D eigenvalue weighted by molar-refractivity contribution is 7.91. The van der Waals surface area contributed by atoms with Gasteiger partial charge in [-0.15, -0.1) is 11.3 Å². The molecular weight excluding hydrogens is 268 g/mol. The second kappa shape index (κ2) is 5.69. The van der Waals surface area contributed by atoms with Crippen molar-refractivity contribution in [3.63, 3.8) is 0 Å². The van der Waals surface area contributed by atoms with E-state index in [-0.39, 0.29) is 6.04 Å². The maximum absolute atomic E-state index is 12.6. The van der Waals surface area contributed by atoms with Gasteiger partial charge in [-0.25, -0.2) is 8.42 Å². The molecule has 1 aromatic heterocycles. The van der Waals surface area contributed by atoms with Crippen LogP contribution < -0.4 is 5.73 Å². The third kappa shape index (κ3) is 2.77. The lowest BCUT2D eigenvalue weighted by Gasteiger charge is -2.25. The monoisotopic (exact) mass is 288 g/mol. The van der Waals surface area contributed by atoms with Gasteiger partial charge in [0, 0.05) is 24.0 Å². The van der Waals surface area contributed by atoms with Crippen LogP contribution >= 0.6 is 11.3 Å². The summed E-state index contributed by atoms with van der Waals surface area (Å²) in [5, 5.41) is 0. The number of rotatable bonds is 3. The van der Waals surface area contributed by atoms with Crippen LogP contribution in [-0.4, -0.2) is 25.3 Å². The molecule has 1 atom stereocenters. The Morgan fingerprint density at radius 3 is 2.83 bits per heavy atom. The van der Waals surface area contributed by atoms with E-state index in [0.717, 1.165) is 30.6 Å². The zero-order valence-electron chi connectivity index (χ0n) is 10.6. The zero-order valence-corrected chi connectivity index (χ0v) is 12.3. The van der Waals surface area contributed by atoms with Crippen LogP contribution in [0.2, 0.25) is 0 Å². The Morgan fingerprint density at radius 2 is 2.17 bits per heavy atom. The number of nitrogens with two attached hydrogens (primary N) is 1. The van der Waals surface area contributed by atoms with Crippen molar-refractivity contribution in [3.05, 3.63) is 17.0 Å². The first-order chi connectivity index (χ1) is 8.55. The van der Waals surface area contributed by atoms with Crippen LogP contribution in [0.25, 0.3) is 0 Å². The van der Waals surface area contributed by atoms with Gasteiger partial charge in [-0.2, -0.15) is 4.31 Å². The van der Waals surface area contributed by atoms with Crippen molar-refractivity contribution in [1.82, 2.24) is 4.31 Å². The Morgan fingerprint density at radius 1 is 1.39 bits per heavy atom. The zero-order chi connectivity index (χ0) is 13.2. The lowest BCUT2D eigenvalue weighted by atomic mass is 10.1. The van der Waals surface area contributed by atoms with E-state index in [0.29, 0.717) is 17.3 Å². The molecule has 1 unspecified atom stereocenters. The molecule has 2 heterocycles. The van der Waals surface area contributed by atoms with Gasteiger partial charge in [0.25, 0.3) is 10.0 Å². The van der Waals surface area contributed by atoms with Crippen molar-refractivity contribution >= 4 is 21.4 Å². The molecule has 1 aromatic rings. The standard InChI is InChI=1S/C12H20N2O2S2/c1-10-5-3-2-4-8-14(10)18(15,16)12-7-6-11(9-13)17-12/h6-7,10H,2-5,8-9,13H2,1H3. The smallest absolute Gasteiger partial charge is 0.252 e. The maximum atomic E-state index is 12.6. The summed E-state index contributed by atoms with van der Waals surface area (Å²) in [5.41, 5.74) is 5.54. The van der Waals surface area contributed by atoms with Crippen LogP contribution in [0.4, 0.5) is 0 Å². The quantitative estimate of drug-likeness (QED) is 0.927. The summed E-state index contributed by atoms with van der Waals surface area (Å²) in [7, 11) is -3.33. The second-order valence-electron chi connectivity index (χ2n) is 4.74. The van der Waals surface area contributed by atoms with Crippen molar-refractivity contribution in [3.8, 4) is 0 Å². The minimum atomic E-state index is -3.33. The van der Waals surface area contributed by atoms with Crippen LogP contribution in [0.15, 0.2) is 16.3 Å². The Hall–Kier alpha value is -0.430. The first kappa shape index (κ1) is 14.0. The van der Waals surface area contributed by atoms with E-state index >= 15 is 0 Å². The summed E-state index contributed by atoms with van der Waals surface area (Å²) in [6.07, 6.45) is 4.15. The van der Waals surface area contributed by atoms with Gasteiger partial charge in [-0.05, 0) is 31.9 Å². The normalized spacial score (nSPS) is 22.9. The molecule has 4 nitrogen and oxygen atoms in total. The molecular formula is C12H20N2O2S2. The molecule has 0 amide bonds. The molecule has 1 fully saturated rings. The predicted octanol–water partition coefficient (Wildman–Crippen LogP) is 2.16. The highest BCUT2D eigenvalue weighted by Crippen LogP contribution is 2.28. The van der Waals surface area contributed by atoms with Gasteiger partial charge in [-0.3, -0.25) is 0 Å². The molecule has 1 aliphatic heterocycles. The van der Waals surface area contributed by atoms with E-state index < -0.39 is 10.0 Å². The minimum absolute atomic E-state index is 0.0981. The molecule has 1 saturated heterocycles. The van der Waals surface area contributed by atoms with Gasteiger partial charge in [-0.1, -0.05) is 12.8 Å². The molecule has 6 heteroatoms. The lowest BCUT2D eigenvalue weighted by molar-refractivity contribution is 0.343. The molecule has 2 N–H and O–H groups in total. The molecule has 0 aromatic carbocycles. The minimum Gasteiger partial charge on any atom is -0.326 e. The van der Waals surface area contributed by atoms with Gasteiger partial charge in [0.1, 0.15) is 4.21 Å². The Kier molecular flexibility index (Phi) is 4.42. The van der Waals surface area contributed by atoms with Crippen LogP contribution in [0.5, 0.6) is 0 Å². The average molecular weight is 288 g/mol. The largest absolute Gasteiger partial charge is 0.326 e. The molecule has 102 valence electrons. The predicted molar refractivity (Wildman–Crippen MR) is 74.0 cm³/mol. The van der Waals surface area contributed by atoms with E-state index in [1.165, 1.54) is 11.3 Å². The van der Waals surface area contributed by atoms with Gasteiger partial charge in [0.2, 0.25) is 0 Å². The van der Waals surface area contributed by atoms with Crippen molar-refractivity contribution in [1.29, 1.82) is 0 Å². The number of hydrogen-bond donors (Lipinski definition) is 1. The van der Waals surface area contributed by atoms with Crippen LogP contribution in [-0.2, 0) is 16.6 Å². The number of hydrogen-bond acceptors (Lipinski definition) is 4. The maximum Gasteiger partial charge on any atom is 0.252 e. The van der Waals surface area contributed by atoms with Gasteiger partial charge in [0.15, 0.2) is 0 Å². The molecule has 0 spiro atoms. The number of thiophene rings is 1. The number of sulfonamides is 1. The SMILES string of the molecule is CC1CCCCCN1S(=O)(=O)c1ccc(CN)s1. The van der Waals surface area contributed by atoms with Crippen LogP contribution in [0, 0.1) is 0 Å². The summed E-state index contributed by atoms with van der Waals surface area (Å²) in [4.78, 5) is 0.913. The van der Waals surface area contributed by atoms with Gasteiger partial charge >= 0.3 is 0 Å². The molecule has 0 bridgehead atoms. The van der Waals surface area contributed by atoms with Gasteiger partial charge in [0.05, 0.1) is 0 Å². The van der Waals surface area contributed by atoms with E-state index in [4.69, 9.17) is 5.73 Å². The summed E-state index contributed by atoms with van der Waals surface area (Å²) in [5.74, 6) is 0. The highest BCUT2D eigenvalue weighted by atomic mass is 32.2. The molecule has 2 rings (SSSR count). The molecule has 1 aliphatic rings. The fraction of sp³-hybridized carbons (Fsp3) is 0.667. The third-order valence-corrected chi connectivity index (χ3v) is 6.98. The van der Waals surface area contributed by atoms with Crippen molar-refractivity contribution < 1.29 is 8.42 Å². The topological polar surface area (TPSA) is 63.4 Å². The van der Waals surface area contributed by atoms with E-state index in [1.54, 1.807) is 16.4 Å². The molecule has 18 heavy (non-hydrogen) atoms. The molecule has 0 aliphatic carbocycles. The summed E-state index contributed by atoms with van der Waals surface area (Å²) < 4.78 is 27.2. The first-order valence-corrected chi connectivity index (χ1v) is 8.62. The van der Waals surface area contributed by atoms with Crippen molar-refractivity contribution in [2.75, 3.05) is 6.54 Å². The van der Waals surface area contributed by atoms with Gasteiger partial charge < -0.3 is 5.73 Å². The Labute approximate surface area is 113 Å². The van der Waals surface area contributed by atoms with Crippen molar-refractivity contribution in [2.24, 2.45) is 5.73 Å². The first-order valence-electron chi connectivity index (χ1n) is 6.36. The fourth-order valence-electron chi connectivity index (χ4n) is 2.33. The summed E-state index contributed by atoms with van der Waals surface area (Å²) in [6.45, 7) is 3.04. The summed E-state index contributed by atoms with van der Waals surface area (Å²) in [6, 6.07) is 3.58. The van der Waals surface area contributed by atoms with E-state index in [1.807, 2.05) is 6.92 Å². The fourth-order valence-corrected chi connectivity index (χ4v) is 5.39. The number of nitrogens with zero attached hydrogens (tertiary/aromatic N) is 1. The molecule has 0 radical (unpaired) electrons. The Bertz CT molecular complexity index is 496. The average Bonchev–Trinajstić information content (AvgIpc) is 2.72. The van der Waals surface area contributed by atoms with Crippen LogP contribution in [0.1, 0.15) is 37.5 Å². The summed E-state index contributed by atoms with van der Waals surface area (Å²) >= 11 is 1.29. The second-order valence-corrected chi connectivity index (χ2v) is 8.02.